The van der Waals surface area contributed by atoms with Gasteiger partial charge in [-0.1, -0.05) is 19.3 Å². The molecule has 32 heavy (non-hydrogen) atoms. The highest BCUT2D eigenvalue weighted by Gasteiger charge is 2.19. The van der Waals surface area contributed by atoms with Gasteiger partial charge in [0, 0.05) is 57.7 Å². The van der Waals surface area contributed by atoms with Crippen LogP contribution in [0.2, 0.25) is 0 Å². The summed E-state index contributed by atoms with van der Waals surface area (Å²) < 4.78 is 5.11. The first-order valence-corrected chi connectivity index (χ1v) is 12.2. The highest BCUT2D eigenvalue weighted by Crippen LogP contribution is 2.12. The summed E-state index contributed by atoms with van der Waals surface area (Å²) in [6, 6.07) is 0. The standard InChI is InChI=1S/C24H39N3O5/c28-21(25-15-5-1-2-6-16-26-18-9-11-22(26)29)13-14-24(31)32-20-8-4-3-7-17-27-19-10-12-23(27)30/h13-14H,1-12,15-20H2,(H,25,28). The van der Waals surface area contributed by atoms with Crippen molar-refractivity contribution in [2.24, 2.45) is 0 Å². The molecule has 0 aromatic heterocycles. The molecule has 180 valence electrons. The molecule has 0 radical (unpaired) electrons. The summed E-state index contributed by atoms with van der Waals surface area (Å²) in [6.07, 6.45) is 13.4. The average molecular weight is 450 g/mol. The number of ether oxygens (including phenoxy) is 1. The number of unbranched alkanes of at least 4 members (excludes halogenated alkanes) is 6. The summed E-state index contributed by atoms with van der Waals surface area (Å²) in [5, 5.41) is 2.77. The summed E-state index contributed by atoms with van der Waals surface area (Å²) in [6.45, 7) is 4.37. The molecule has 0 saturated carbocycles. The van der Waals surface area contributed by atoms with Gasteiger partial charge in [-0.05, 0) is 44.9 Å². The Morgan fingerprint density at radius 1 is 0.781 bits per heavy atom. The third kappa shape index (κ3) is 10.8. The van der Waals surface area contributed by atoms with E-state index in [0.717, 1.165) is 90.4 Å². The minimum absolute atomic E-state index is 0.265. The monoisotopic (exact) mass is 449 g/mol. The van der Waals surface area contributed by atoms with Crippen LogP contribution in [0.1, 0.15) is 77.0 Å². The molecule has 0 atom stereocenters. The van der Waals surface area contributed by atoms with Gasteiger partial charge in [-0.25, -0.2) is 4.79 Å². The lowest BCUT2D eigenvalue weighted by atomic mass is 10.2. The molecular formula is C24H39N3O5. The van der Waals surface area contributed by atoms with Crippen LogP contribution in [0.15, 0.2) is 12.2 Å². The summed E-state index contributed by atoms with van der Waals surface area (Å²) in [5.74, 6) is -0.254. The van der Waals surface area contributed by atoms with Crippen LogP contribution in [-0.4, -0.2) is 72.8 Å². The zero-order valence-electron chi connectivity index (χ0n) is 19.3. The number of carbonyl (C=O) groups excluding carboxylic acids is 4. The second-order valence-corrected chi connectivity index (χ2v) is 8.59. The van der Waals surface area contributed by atoms with Crippen molar-refractivity contribution in [3.8, 4) is 0 Å². The predicted molar refractivity (Wildman–Crippen MR) is 122 cm³/mol. The molecule has 0 unspecified atom stereocenters. The predicted octanol–water partition coefficient (Wildman–Crippen LogP) is 2.57. The third-order valence-electron chi connectivity index (χ3n) is 5.93. The van der Waals surface area contributed by atoms with Gasteiger partial charge in [-0.15, -0.1) is 0 Å². The highest BCUT2D eigenvalue weighted by atomic mass is 16.5. The second-order valence-electron chi connectivity index (χ2n) is 8.59. The Morgan fingerprint density at radius 3 is 1.91 bits per heavy atom. The van der Waals surface area contributed by atoms with E-state index in [1.807, 2.05) is 9.80 Å². The molecule has 1 N–H and O–H groups in total. The van der Waals surface area contributed by atoms with E-state index in [1.54, 1.807) is 0 Å². The van der Waals surface area contributed by atoms with Crippen LogP contribution in [0, 0.1) is 0 Å². The average Bonchev–Trinajstić information content (AvgIpc) is 3.38. The fourth-order valence-corrected chi connectivity index (χ4v) is 4.06. The molecule has 2 aliphatic heterocycles. The highest BCUT2D eigenvalue weighted by molar-refractivity contribution is 5.94. The van der Waals surface area contributed by atoms with Crippen LogP contribution in [0.3, 0.4) is 0 Å². The molecule has 0 aliphatic carbocycles. The lowest BCUT2D eigenvalue weighted by molar-refractivity contribution is -0.138. The van der Waals surface area contributed by atoms with Gasteiger partial charge in [0.1, 0.15) is 0 Å². The van der Waals surface area contributed by atoms with Gasteiger partial charge >= 0.3 is 5.97 Å². The van der Waals surface area contributed by atoms with Gasteiger partial charge in [0.05, 0.1) is 6.61 Å². The van der Waals surface area contributed by atoms with E-state index in [2.05, 4.69) is 5.32 Å². The van der Waals surface area contributed by atoms with Crippen molar-refractivity contribution in [2.75, 3.05) is 39.3 Å². The van der Waals surface area contributed by atoms with E-state index in [0.29, 0.717) is 26.0 Å². The molecule has 0 spiro atoms. The van der Waals surface area contributed by atoms with Gasteiger partial charge in [-0.2, -0.15) is 0 Å². The molecule has 8 heteroatoms. The van der Waals surface area contributed by atoms with Crippen LogP contribution < -0.4 is 5.32 Å². The number of amides is 3. The first-order valence-electron chi connectivity index (χ1n) is 12.2. The Kier molecular flexibility index (Phi) is 12.5. The fourth-order valence-electron chi connectivity index (χ4n) is 4.06. The van der Waals surface area contributed by atoms with Crippen molar-refractivity contribution in [1.29, 1.82) is 0 Å². The topological polar surface area (TPSA) is 96.0 Å². The Bertz CT molecular complexity index is 596. The molecule has 0 aromatic carbocycles. The van der Waals surface area contributed by atoms with Crippen molar-refractivity contribution in [3.05, 3.63) is 12.2 Å². The largest absolute Gasteiger partial charge is 0.463 e. The SMILES string of the molecule is O=C(C=CC(=O)OCCCCCCN1CCCC1=O)NCCCCCCN1CCCC1=O. The first kappa shape index (κ1) is 25.9. The number of carbonyl (C=O) groups is 4. The van der Waals surface area contributed by atoms with Crippen LogP contribution in [0.4, 0.5) is 0 Å². The Morgan fingerprint density at radius 2 is 1.34 bits per heavy atom. The number of esters is 1. The van der Waals surface area contributed by atoms with Gasteiger partial charge in [-0.3, -0.25) is 14.4 Å². The van der Waals surface area contributed by atoms with Crippen molar-refractivity contribution in [1.82, 2.24) is 15.1 Å². The molecule has 0 aromatic rings. The first-order chi connectivity index (χ1) is 15.6. The van der Waals surface area contributed by atoms with Gasteiger partial charge in [0.2, 0.25) is 17.7 Å². The number of hydrogen-bond donors (Lipinski definition) is 1. The summed E-state index contributed by atoms with van der Waals surface area (Å²) in [4.78, 5) is 50.3. The zero-order valence-corrected chi connectivity index (χ0v) is 19.3. The molecule has 2 aliphatic rings. The fraction of sp³-hybridized carbons (Fsp3) is 0.750. The number of likely N-dealkylation sites (tertiary alicyclic amines) is 2. The maximum absolute atomic E-state index is 11.7. The van der Waals surface area contributed by atoms with E-state index in [-0.39, 0.29) is 17.7 Å². The zero-order chi connectivity index (χ0) is 23.0. The minimum atomic E-state index is -0.501. The van der Waals surface area contributed by atoms with E-state index in [1.165, 1.54) is 12.2 Å². The van der Waals surface area contributed by atoms with E-state index < -0.39 is 5.97 Å². The van der Waals surface area contributed by atoms with Crippen molar-refractivity contribution in [3.63, 3.8) is 0 Å². The van der Waals surface area contributed by atoms with Crippen LogP contribution >= 0.6 is 0 Å². The Hall–Kier alpha value is -2.38. The number of rotatable bonds is 16. The van der Waals surface area contributed by atoms with Crippen molar-refractivity contribution < 1.29 is 23.9 Å². The van der Waals surface area contributed by atoms with Gasteiger partial charge in [0.15, 0.2) is 0 Å². The van der Waals surface area contributed by atoms with Crippen LogP contribution in [0.25, 0.3) is 0 Å². The van der Waals surface area contributed by atoms with Gasteiger partial charge < -0.3 is 19.9 Å². The number of nitrogens with one attached hydrogen (secondary N) is 1. The number of nitrogens with zero attached hydrogens (tertiary/aromatic N) is 2. The van der Waals surface area contributed by atoms with Crippen LogP contribution in [0.5, 0.6) is 0 Å². The lowest BCUT2D eigenvalue weighted by Crippen LogP contribution is -2.25. The quantitative estimate of drug-likeness (QED) is 0.222. The molecule has 2 heterocycles. The molecule has 2 rings (SSSR count). The summed E-state index contributed by atoms with van der Waals surface area (Å²) >= 11 is 0. The number of hydrogen-bond acceptors (Lipinski definition) is 5. The van der Waals surface area contributed by atoms with Crippen LogP contribution in [-0.2, 0) is 23.9 Å². The minimum Gasteiger partial charge on any atom is -0.463 e. The van der Waals surface area contributed by atoms with Gasteiger partial charge in [0.25, 0.3) is 0 Å². The summed E-state index contributed by atoms with van der Waals surface area (Å²) in [7, 11) is 0. The maximum atomic E-state index is 11.7. The smallest absolute Gasteiger partial charge is 0.330 e. The second kappa shape index (κ2) is 15.4. The van der Waals surface area contributed by atoms with Crippen molar-refractivity contribution >= 4 is 23.7 Å². The Balaban J connectivity index is 1.36. The van der Waals surface area contributed by atoms with Crippen molar-refractivity contribution in [2.45, 2.75) is 77.0 Å². The molecule has 8 nitrogen and oxygen atoms in total. The van der Waals surface area contributed by atoms with E-state index in [9.17, 15) is 19.2 Å². The molecule has 2 fully saturated rings. The molecule has 3 amide bonds. The molecule has 0 bridgehead atoms. The Labute approximate surface area is 191 Å². The third-order valence-corrected chi connectivity index (χ3v) is 5.93. The van der Waals surface area contributed by atoms with E-state index in [4.69, 9.17) is 4.74 Å². The van der Waals surface area contributed by atoms with E-state index >= 15 is 0 Å². The lowest BCUT2D eigenvalue weighted by Gasteiger charge is -2.14. The molecular weight excluding hydrogens is 410 g/mol. The normalized spacial score (nSPS) is 16.4. The summed E-state index contributed by atoms with van der Waals surface area (Å²) in [5.41, 5.74) is 0. The maximum Gasteiger partial charge on any atom is 0.330 e. The molecule has 2 saturated heterocycles.